The molecule has 0 bridgehead atoms. The van der Waals surface area contributed by atoms with Crippen molar-refractivity contribution in [1.29, 1.82) is 0 Å². The van der Waals surface area contributed by atoms with Crippen molar-refractivity contribution in [1.82, 2.24) is 5.32 Å². The summed E-state index contributed by atoms with van der Waals surface area (Å²) in [5.74, 6) is 0.0567. The summed E-state index contributed by atoms with van der Waals surface area (Å²) < 4.78 is 0. The SMILES string of the molecule is O=C1CCC2NC3CCCCC3C=C2C1=O. The predicted molar refractivity (Wildman–Crippen MR) is 60.0 cm³/mol. The number of carbonyl (C=O) groups excluding carboxylic acids is 2. The van der Waals surface area contributed by atoms with Crippen LogP contribution in [-0.2, 0) is 9.59 Å². The number of fused-ring (bicyclic) bond motifs is 2. The molecule has 0 saturated heterocycles. The first-order valence-electron chi connectivity index (χ1n) is 6.31. The Labute approximate surface area is 95.3 Å². The molecule has 86 valence electrons. The predicted octanol–water partition coefficient (Wildman–Crippen LogP) is 1.38. The Kier molecular flexibility index (Phi) is 2.43. The molecule has 2 fully saturated rings. The third-order valence-corrected chi connectivity index (χ3v) is 4.18. The summed E-state index contributed by atoms with van der Waals surface area (Å²) in [5.41, 5.74) is 0.763. The van der Waals surface area contributed by atoms with E-state index in [2.05, 4.69) is 11.4 Å². The summed E-state index contributed by atoms with van der Waals surface area (Å²) in [6.07, 6.45) is 8.24. The Balaban J connectivity index is 1.90. The molecule has 0 aromatic heterocycles. The van der Waals surface area contributed by atoms with Gasteiger partial charge in [0.25, 0.3) is 0 Å². The van der Waals surface area contributed by atoms with Gasteiger partial charge in [0.15, 0.2) is 0 Å². The van der Waals surface area contributed by atoms with E-state index in [0.717, 1.165) is 18.4 Å². The average Bonchev–Trinajstić information content (AvgIpc) is 2.32. The Bertz CT molecular complexity index is 372. The van der Waals surface area contributed by atoms with Gasteiger partial charge in [0.05, 0.1) is 0 Å². The molecule has 0 spiro atoms. The van der Waals surface area contributed by atoms with Crippen LogP contribution in [0.5, 0.6) is 0 Å². The van der Waals surface area contributed by atoms with E-state index in [-0.39, 0.29) is 17.6 Å². The number of carbonyl (C=O) groups is 2. The van der Waals surface area contributed by atoms with E-state index in [9.17, 15) is 9.59 Å². The molecular formula is C13H17NO2. The number of Topliss-reactive ketones (excluding diaryl/α,β-unsaturated/α-hetero) is 2. The normalized spacial score (nSPS) is 38.8. The van der Waals surface area contributed by atoms with E-state index in [4.69, 9.17) is 0 Å². The van der Waals surface area contributed by atoms with Gasteiger partial charge < -0.3 is 5.32 Å². The van der Waals surface area contributed by atoms with Crippen molar-refractivity contribution in [2.75, 3.05) is 0 Å². The largest absolute Gasteiger partial charge is 0.306 e. The zero-order valence-corrected chi connectivity index (χ0v) is 9.37. The van der Waals surface area contributed by atoms with Gasteiger partial charge in [-0.05, 0) is 25.2 Å². The van der Waals surface area contributed by atoms with Crippen LogP contribution in [0.15, 0.2) is 11.6 Å². The molecule has 3 rings (SSSR count). The lowest BCUT2D eigenvalue weighted by Gasteiger charge is -2.40. The second-order valence-corrected chi connectivity index (χ2v) is 5.19. The molecule has 3 unspecified atom stereocenters. The first kappa shape index (κ1) is 10.2. The molecule has 2 saturated carbocycles. The van der Waals surface area contributed by atoms with E-state index < -0.39 is 0 Å². The van der Waals surface area contributed by atoms with Crippen molar-refractivity contribution in [2.45, 2.75) is 50.6 Å². The van der Waals surface area contributed by atoms with Gasteiger partial charge in [-0.25, -0.2) is 0 Å². The van der Waals surface area contributed by atoms with Crippen LogP contribution >= 0.6 is 0 Å². The Hall–Kier alpha value is -0.960. The molecule has 0 aromatic rings. The zero-order valence-electron chi connectivity index (χ0n) is 9.37. The van der Waals surface area contributed by atoms with Crippen LogP contribution in [0, 0.1) is 5.92 Å². The van der Waals surface area contributed by atoms with Crippen LogP contribution in [0.4, 0.5) is 0 Å². The summed E-state index contributed by atoms with van der Waals surface area (Å²) in [4.78, 5) is 23.2. The number of nitrogens with one attached hydrogen (secondary N) is 1. The van der Waals surface area contributed by atoms with Crippen molar-refractivity contribution in [3.05, 3.63) is 11.6 Å². The van der Waals surface area contributed by atoms with Crippen molar-refractivity contribution < 1.29 is 9.59 Å². The summed E-state index contributed by atoms with van der Waals surface area (Å²) in [6.45, 7) is 0. The maximum atomic E-state index is 11.8. The highest BCUT2D eigenvalue weighted by Crippen LogP contribution is 2.33. The van der Waals surface area contributed by atoms with Crippen LogP contribution in [0.1, 0.15) is 38.5 Å². The number of ketones is 2. The molecule has 3 aliphatic rings. The number of hydrogen-bond acceptors (Lipinski definition) is 3. The van der Waals surface area contributed by atoms with Gasteiger partial charge in [0.2, 0.25) is 11.6 Å². The molecule has 1 aliphatic heterocycles. The van der Waals surface area contributed by atoms with E-state index in [1.807, 2.05) is 0 Å². The first-order chi connectivity index (χ1) is 7.75. The Morgan fingerprint density at radius 1 is 1.12 bits per heavy atom. The fraction of sp³-hybridized carbons (Fsp3) is 0.692. The molecule has 0 aromatic carbocycles. The molecule has 1 heterocycles. The molecule has 3 heteroatoms. The van der Waals surface area contributed by atoms with Gasteiger partial charge in [0.1, 0.15) is 0 Å². The van der Waals surface area contributed by atoms with E-state index in [0.29, 0.717) is 18.4 Å². The molecule has 3 nitrogen and oxygen atoms in total. The lowest BCUT2D eigenvalue weighted by molar-refractivity contribution is -0.135. The molecular weight excluding hydrogens is 202 g/mol. The Morgan fingerprint density at radius 2 is 1.94 bits per heavy atom. The fourth-order valence-corrected chi connectivity index (χ4v) is 3.28. The molecule has 0 radical (unpaired) electrons. The lowest BCUT2D eigenvalue weighted by atomic mass is 9.75. The highest BCUT2D eigenvalue weighted by atomic mass is 16.2. The Morgan fingerprint density at radius 3 is 2.81 bits per heavy atom. The van der Waals surface area contributed by atoms with E-state index >= 15 is 0 Å². The van der Waals surface area contributed by atoms with Crippen molar-refractivity contribution >= 4 is 11.6 Å². The van der Waals surface area contributed by atoms with Gasteiger partial charge in [0, 0.05) is 24.1 Å². The quantitative estimate of drug-likeness (QED) is 0.626. The summed E-state index contributed by atoms with van der Waals surface area (Å²) in [5, 5.41) is 3.57. The summed E-state index contributed by atoms with van der Waals surface area (Å²) >= 11 is 0. The zero-order chi connectivity index (χ0) is 11.1. The second kappa shape index (κ2) is 3.81. The topological polar surface area (TPSA) is 46.2 Å². The molecule has 2 aliphatic carbocycles. The minimum Gasteiger partial charge on any atom is -0.306 e. The highest BCUT2D eigenvalue weighted by Gasteiger charge is 2.38. The van der Waals surface area contributed by atoms with Gasteiger partial charge >= 0.3 is 0 Å². The number of rotatable bonds is 0. The first-order valence-corrected chi connectivity index (χ1v) is 6.31. The summed E-state index contributed by atoms with van der Waals surface area (Å²) in [6, 6.07) is 0.702. The standard InChI is InChI=1S/C13H17NO2/c15-12-6-5-11-9(13(12)16)7-8-3-1-2-4-10(8)14-11/h7-8,10-11,14H,1-6H2. The van der Waals surface area contributed by atoms with E-state index in [1.165, 1.54) is 19.3 Å². The van der Waals surface area contributed by atoms with Crippen molar-refractivity contribution in [3.63, 3.8) is 0 Å². The van der Waals surface area contributed by atoms with Crippen LogP contribution < -0.4 is 5.32 Å². The minimum atomic E-state index is -0.229. The van der Waals surface area contributed by atoms with Gasteiger partial charge in [-0.15, -0.1) is 0 Å². The van der Waals surface area contributed by atoms with Gasteiger partial charge in [-0.1, -0.05) is 18.9 Å². The fourth-order valence-electron chi connectivity index (χ4n) is 3.28. The molecule has 3 atom stereocenters. The van der Waals surface area contributed by atoms with Crippen molar-refractivity contribution in [2.24, 2.45) is 5.92 Å². The monoisotopic (exact) mass is 219 g/mol. The maximum Gasteiger partial charge on any atom is 0.225 e. The third kappa shape index (κ3) is 1.54. The third-order valence-electron chi connectivity index (χ3n) is 4.18. The van der Waals surface area contributed by atoms with Crippen LogP contribution in [0.3, 0.4) is 0 Å². The van der Waals surface area contributed by atoms with Crippen LogP contribution in [0.25, 0.3) is 0 Å². The lowest BCUT2D eigenvalue weighted by Crippen LogP contribution is -2.52. The van der Waals surface area contributed by atoms with Gasteiger partial charge in [-0.2, -0.15) is 0 Å². The molecule has 16 heavy (non-hydrogen) atoms. The van der Waals surface area contributed by atoms with E-state index in [1.54, 1.807) is 0 Å². The summed E-state index contributed by atoms with van der Waals surface area (Å²) in [7, 11) is 0. The van der Waals surface area contributed by atoms with Crippen LogP contribution in [0.2, 0.25) is 0 Å². The molecule has 0 amide bonds. The molecule has 1 N–H and O–H groups in total. The number of hydrogen-bond donors (Lipinski definition) is 1. The minimum absolute atomic E-state index is 0.157. The second-order valence-electron chi connectivity index (χ2n) is 5.19. The van der Waals surface area contributed by atoms with Crippen LogP contribution in [-0.4, -0.2) is 23.7 Å². The smallest absolute Gasteiger partial charge is 0.225 e. The average molecular weight is 219 g/mol. The van der Waals surface area contributed by atoms with Gasteiger partial charge in [-0.3, -0.25) is 9.59 Å². The highest BCUT2D eigenvalue weighted by molar-refractivity contribution is 6.44. The maximum absolute atomic E-state index is 11.8. The van der Waals surface area contributed by atoms with Crippen molar-refractivity contribution in [3.8, 4) is 0 Å².